The maximum Gasteiger partial charge on any atom is 0.311 e. The maximum atomic E-state index is 11.8. The van der Waals surface area contributed by atoms with E-state index in [0.717, 1.165) is 12.8 Å². The van der Waals surface area contributed by atoms with Crippen LogP contribution in [-0.4, -0.2) is 12.1 Å². The van der Waals surface area contributed by atoms with Crippen molar-refractivity contribution >= 4 is 5.97 Å². The van der Waals surface area contributed by atoms with Gasteiger partial charge in [0.1, 0.15) is 6.10 Å². The fourth-order valence-electron chi connectivity index (χ4n) is 0.911. The van der Waals surface area contributed by atoms with Crippen molar-refractivity contribution < 1.29 is 9.53 Å². The van der Waals surface area contributed by atoms with Crippen LogP contribution in [0.5, 0.6) is 0 Å². The second-order valence-corrected chi connectivity index (χ2v) is 5.63. The molecule has 1 atom stereocenters. The van der Waals surface area contributed by atoms with Crippen LogP contribution in [0.4, 0.5) is 0 Å². The van der Waals surface area contributed by atoms with Crippen molar-refractivity contribution in [3.8, 4) is 0 Å². The smallest absolute Gasteiger partial charge is 0.311 e. The zero-order valence-corrected chi connectivity index (χ0v) is 11.3. The molecular formula is C13H26O2. The number of esters is 1. The summed E-state index contributed by atoms with van der Waals surface area (Å²) in [5.74, 6) is -0.0842. The molecule has 0 aromatic rings. The Morgan fingerprint density at radius 1 is 1.13 bits per heavy atom. The van der Waals surface area contributed by atoms with Crippen LogP contribution in [0.25, 0.3) is 0 Å². The molecule has 0 aliphatic heterocycles. The minimum atomic E-state index is -0.363. The van der Waals surface area contributed by atoms with Crippen molar-refractivity contribution in [2.24, 2.45) is 10.8 Å². The van der Waals surface area contributed by atoms with Crippen molar-refractivity contribution in [2.45, 2.75) is 67.4 Å². The van der Waals surface area contributed by atoms with Gasteiger partial charge >= 0.3 is 5.97 Å². The monoisotopic (exact) mass is 214 g/mol. The molecule has 0 spiro atoms. The largest absolute Gasteiger partial charge is 0.462 e. The average molecular weight is 214 g/mol. The summed E-state index contributed by atoms with van der Waals surface area (Å²) in [6.45, 7) is 14.2. The highest BCUT2D eigenvalue weighted by Gasteiger charge is 2.33. The van der Waals surface area contributed by atoms with Gasteiger partial charge in [0.15, 0.2) is 0 Å². The van der Waals surface area contributed by atoms with Gasteiger partial charge < -0.3 is 4.74 Å². The van der Waals surface area contributed by atoms with Crippen LogP contribution < -0.4 is 0 Å². The van der Waals surface area contributed by atoms with Gasteiger partial charge in [-0.1, -0.05) is 27.7 Å². The normalized spacial score (nSPS) is 14.9. The second-order valence-electron chi connectivity index (χ2n) is 5.63. The van der Waals surface area contributed by atoms with Crippen LogP contribution in [-0.2, 0) is 9.53 Å². The molecule has 0 N–H and O–H groups in total. The summed E-state index contributed by atoms with van der Waals surface area (Å²) in [7, 11) is 0. The topological polar surface area (TPSA) is 26.3 Å². The van der Waals surface area contributed by atoms with Crippen molar-refractivity contribution in [2.75, 3.05) is 0 Å². The highest BCUT2D eigenvalue weighted by molar-refractivity contribution is 5.76. The molecule has 1 unspecified atom stereocenters. The molecule has 2 nitrogen and oxygen atoms in total. The van der Waals surface area contributed by atoms with Crippen LogP contribution >= 0.6 is 0 Å². The van der Waals surface area contributed by atoms with Gasteiger partial charge in [0, 0.05) is 5.41 Å². The third-order valence-corrected chi connectivity index (χ3v) is 3.73. The molecule has 0 saturated heterocycles. The van der Waals surface area contributed by atoms with Gasteiger partial charge in [-0.05, 0) is 33.6 Å². The minimum Gasteiger partial charge on any atom is -0.462 e. The van der Waals surface area contributed by atoms with Gasteiger partial charge in [0.05, 0.1) is 5.41 Å². The Morgan fingerprint density at radius 3 is 1.93 bits per heavy atom. The maximum absolute atomic E-state index is 11.8. The van der Waals surface area contributed by atoms with Crippen LogP contribution in [0.15, 0.2) is 0 Å². The molecule has 15 heavy (non-hydrogen) atoms. The Labute approximate surface area is 94.4 Å². The lowest BCUT2D eigenvalue weighted by atomic mass is 9.84. The van der Waals surface area contributed by atoms with E-state index < -0.39 is 0 Å². The van der Waals surface area contributed by atoms with E-state index in [1.165, 1.54) is 0 Å². The molecule has 0 radical (unpaired) electrons. The Bertz CT molecular complexity index is 217. The number of hydrogen-bond donors (Lipinski definition) is 0. The predicted octanol–water partition coefficient (Wildman–Crippen LogP) is 3.79. The summed E-state index contributed by atoms with van der Waals surface area (Å²) in [6.07, 6.45) is 1.79. The molecule has 0 heterocycles. The van der Waals surface area contributed by atoms with Gasteiger partial charge in [0.25, 0.3) is 0 Å². The quantitative estimate of drug-likeness (QED) is 0.651. The molecule has 0 aromatic heterocycles. The lowest BCUT2D eigenvalue weighted by molar-refractivity contribution is -0.164. The standard InChI is InChI=1S/C13H26O2/c1-8-12(4,5)10(3)15-11(14)13(6,7)9-2/h10H,8-9H2,1-7H3. The second kappa shape index (κ2) is 5.00. The fourth-order valence-corrected chi connectivity index (χ4v) is 0.911. The van der Waals surface area contributed by atoms with E-state index in [9.17, 15) is 4.79 Å². The van der Waals surface area contributed by atoms with E-state index in [1.807, 2.05) is 27.7 Å². The summed E-state index contributed by atoms with van der Waals surface area (Å²) < 4.78 is 5.52. The van der Waals surface area contributed by atoms with E-state index in [4.69, 9.17) is 4.74 Å². The molecule has 90 valence electrons. The third-order valence-electron chi connectivity index (χ3n) is 3.73. The predicted molar refractivity (Wildman–Crippen MR) is 63.7 cm³/mol. The summed E-state index contributed by atoms with van der Waals surface area (Å²) >= 11 is 0. The number of hydrogen-bond acceptors (Lipinski definition) is 2. The van der Waals surface area contributed by atoms with Crippen molar-refractivity contribution in [3.63, 3.8) is 0 Å². The molecular weight excluding hydrogens is 188 g/mol. The van der Waals surface area contributed by atoms with Gasteiger partial charge in [-0.25, -0.2) is 0 Å². The Morgan fingerprint density at radius 2 is 1.60 bits per heavy atom. The SMILES string of the molecule is CCC(C)(C)C(=O)OC(C)C(C)(C)CC. The van der Waals surface area contributed by atoms with E-state index >= 15 is 0 Å². The highest BCUT2D eigenvalue weighted by atomic mass is 16.5. The molecule has 0 aliphatic rings. The van der Waals surface area contributed by atoms with Crippen LogP contribution in [0.2, 0.25) is 0 Å². The first-order chi connectivity index (χ1) is 6.67. The zero-order valence-electron chi connectivity index (χ0n) is 11.3. The third kappa shape index (κ3) is 3.84. The fraction of sp³-hybridized carbons (Fsp3) is 0.923. The highest BCUT2D eigenvalue weighted by Crippen LogP contribution is 2.30. The summed E-state index contributed by atoms with van der Waals surface area (Å²) in [5, 5.41) is 0. The molecule has 0 rings (SSSR count). The number of ether oxygens (including phenoxy) is 1. The van der Waals surface area contributed by atoms with E-state index in [1.54, 1.807) is 0 Å². The molecule has 0 saturated carbocycles. The Kier molecular flexibility index (Phi) is 4.82. The summed E-state index contributed by atoms with van der Waals surface area (Å²) in [5.41, 5.74) is -0.308. The number of carbonyl (C=O) groups excluding carboxylic acids is 1. The van der Waals surface area contributed by atoms with Gasteiger partial charge in [-0.15, -0.1) is 0 Å². The lowest BCUT2D eigenvalue weighted by Gasteiger charge is -2.32. The number of carbonyl (C=O) groups is 1. The van der Waals surface area contributed by atoms with Gasteiger partial charge in [0.2, 0.25) is 0 Å². The van der Waals surface area contributed by atoms with E-state index in [-0.39, 0.29) is 22.9 Å². The number of rotatable bonds is 5. The van der Waals surface area contributed by atoms with Crippen molar-refractivity contribution in [1.82, 2.24) is 0 Å². The zero-order chi connectivity index (χ0) is 12.3. The van der Waals surface area contributed by atoms with E-state index in [2.05, 4.69) is 20.8 Å². The van der Waals surface area contributed by atoms with Crippen LogP contribution in [0.3, 0.4) is 0 Å². The van der Waals surface area contributed by atoms with E-state index in [0.29, 0.717) is 0 Å². The summed E-state index contributed by atoms with van der Waals surface area (Å²) in [6, 6.07) is 0. The van der Waals surface area contributed by atoms with Crippen molar-refractivity contribution in [3.05, 3.63) is 0 Å². The molecule has 2 heteroatoms. The summed E-state index contributed by atoms with van der Waals surface area (Å²) in [4.78, 5) is 11.8. The molecule has 0 bridgehead atoms. The average Bonchev–Trinajstić information content (AvgIpc) is 2.17. The van der Waals surface area contributed by atoms with Crippen LogP contribution in [0.1, 0.15) is 61.3 Å². The molecule has 0 fully saturated rings. The Balaban J connectivity index is 4.43. The first kappa shape index (κ1) is 14.5. The van der Waals surface area contributed by atoms with Gasteiger partial charge in [-0.2, -0.15) is 0 Å². The molecule has 0 amide bonds. The van der Waals surface area contributed by atoms with Crippen LogP contribution in [0, 0.1) is 10.8 Å². The first-order valence-corrected chi connectivity index (χ1v) is 5.88. The molecule has 0 aliphatic carbocycles. The lowest BCUT2D eigenvalue weighted by Crippen LogP contribution is -2.36. The first-order valence-electron chi connectivity index (χ1n) is 5.88. The minimum absolute atomic E-state index is 0.0270. The Hall–Kier alpha value is -0.530. The van der Waals surface area contributed by atoms with Gasteiger partial charge in [-0.3, -0.25) is 4.79 Å². The van der Waals surface area contributed by atoms with Crippen molar-refractivity contribution in [1.29, 1.82) is 0 Å². The molecule has 0 aromatic carbocycles.